The number of aliphatic carboxylic acids is 1. The van der Waals surface area contributed by atoms with Gasteiger partial charge in [-0.2, -0.15) is 0 Å². The Labute approximate surface area is 126 Å². The summed E-state index contributed by atoms with van der Waals surface area (Å²) in [6, 6.07) is 9.73. The van der Waals surface area contributed by atoms with Gasteiger partial charge in [-0.25, -0.2) is 0 Å². The highest BCUT2D eigenvalue weighted by molar-refractivity contribution is 7.15. The molecule has 0 radical (unpaired) electrons. The van der Waals surface area contributed by atoms with Crippen molar-refractivity contribution in [2.45, 2.75) is 13.3 Å². The molecule has 2 N–H and O–H groups in total. The van der Waals surface area contributed by atoms with Gasteiger partial charge in [-0.1, -0.05) is 0 Å². The van der Waals surface area contributed by atoms with Gasteiger partial charge in [0.25, 0.3) is 0 Å². The summed E-state index contributed by atoms with van der Waals surface area (Å²) in [5.41, 5.74) is 2.62. The number of ether oxygens (including phenoxy) is 1. The lowest BCUT2D eigenvalue weighted by molar-refractivity contribution is -0.136. The van der Waals surface area contributed by atoms with E-state index >= 15 is 0 Å². The van der Waals surface area contributed by atoms with Crippen LogP contribution in [0.3, 0.4) is 0 Å². The number of carboxylic acids is 1. The lowest BCUT2D eigenvalue weighted by Gasteiger charge is -2.02. The fourth-order valence-corrected chi connectivity index (χ4v) is 3.36. The van der Waals surface area contributed by atoms with E-state index in [0.717, 1.165) is 32.8 Å². The van der Waals surface area contributed by atoms with E-state index in [9.17, 15) is 9.90 Å². The van der Waals surface area contributed by atoms with Crippen LogP contribution in [-0.4, -0.2) is 23.2 Å². The maximum atomic E-state index is 11.2. The van der Waals surface area contributed by atoms with Gasteiger partial charge in [0.2, 0.25) is 0 Å². The first-order chi connectivity index (χ1) is 10.1. The number of fused-ring (bicyclic) bond motifs is 1. The quantitative estimate of drug-likeness (QED) is 0.769. The number of carbonyl (C=O) groups is 1. The monoisotopic (exact) mass is 301 g/mol. The molecule has 0 bridgehead atoms. The van der Waals surface area contributed by atoms with E-state index in [1.807, 2.05) is 37.3 Å². The van der Waals surface area contributed by atoms with Crippen LogP contribution >= 0.6 is 11.3 Å². The molecule has 2 heterocycles. The Bertz CT molecular complexity index is 816. The normalized spacial score (nSPS) is 11.0. The van der Waals surface area contributed by atoms with Gasteiger partial charge in [0.15, 0.2) is 0 Å². The second-order valence-electron chi connectivity index (χ2n) is 4.87. The highest BCUT2D eigenvalue weighted by Crippen LogP contribution is 2.36. The van der Waals surface area contributed by atoms with E-state index in [2.05, 4.69) is 4.98 Å². The standard InChI is InChI=1S/C16H15NO3S/c1-9-3-6-14(21-9)16-12(8-15(18)19)11-7-10(20-2)4-5-13(11)17-16/h3-7,17H,8H2,1-2H3,(H,18,19). The zero-order valence-corrected chi connectivity index (χ0v) is 12.6. The van der Waals surface area contributed by atoms with Crippen molar-refractivity contribution >= 4 is 28.2 Å². The van der Waals surface area contributed by atoms with Crippen LogP contribution in [0.4, 0.5) is 0 Å². The van der Waals surface area contributed by atoms with Crippen molar-refractivity contribution in [3.63, 3.8) is 0 Å². The van der Waals surface area contributed by atoms with Crippen LogP contribution in [0, 0.1) is 6.92 Å². The van der Waals surface area contributed by atoms with Crippen LogP contribution in [0.2, 0.25) is 0 Å². The summed E-state index contributed by atoms with van der Waals surface area (Å²) >= 11 is 1.65. The topological polar surface area (TPSA) is 62.3 Å². The number of aryl methyl sites for hydroxylation is 1. The second kappa shape index (κ2) is 5.26. The van der Waals surface area contributed by atoms with Crippen molar-refractivity contribution in [2.75, 3.05) is 7.11 Å². The number of thiophene rings is 1. The third kappa shape index (κ3) is 2.52. The molecular formula is C16H15NO3S. The van der Waals surface area contributed by atoms with Crippen molar-refractivity contribution in [1.29, 1.82) is 0 Å². The molecule has 0 aliphatic rings. The fourth-order valence-electron chi connectivity index (χ4n) is 2.47. The lowest BCUT2D eigenvalue weighted by atomic mass is 10.1. The van der Waals surface area contributed by atoms with Gasteiger partial charge in [-0.15, -0.1) is 11.3 Å². The van der Waals surface area contributed by atoms with E-state index in [0.29, 0.717) is 0 Å². The highest BCUT2D eigenvalue weighted by atomic mass is 32.1. The molecule has 3 aromatic rings. The Morgan fingerprint density at radius 1 is 1.33 bits per heavy atom. The Balaban J connectivity index is 2.25. The number of methoxy groups -OCH3 is 1. The summed E-state index contributed by atoms with van der Waals surface area (Å²) in [5, 5.41) is 10.1. The first-order valence-electron chi connectivity index (χ1n) is 6.55. The van der Waals surface area contributed by atoms with Crippen molar-refractivity contribution in [1.82, 2.24) is 4.98 Å². The van der Waals surface area contributed by atoms with Gasteiger partial charge in [0, 0.05) is 15.8 Å². The summed E-state index contributed by atoms with van der Waals surface area (Å²) in [6.07, 6.45) is -0.0144. The zero-order valence-electron chi connectivity index (χ0n) is 11.8. The predicted molar refractivity (Wildman–Crippen MR) is 84.2 cm³/mol. The molecule has 0 unspecified atom stereocenters. The summed E-state index contributed by atoms with van der Waals surface area (Å²) in [4.78, 5) is 16.8. The number of H-pyrrole nitrogens is 1. The average Bonchev–Trinajstić information content (AvgIpc) is 3.02. The van der Waals surface area contributed by atoms with E-state index in [1.54, 1.807) is 18.4 Å². The molecular weight excluding hydrogens is 286 g/mol. The Morgan fingerprint density at radius 3 is 2.76 bits per heavy atom. The fraction of sp³-hybridized carbons (Fsp3) is 0.188. The van der Waals surface area contributed by atoms with Gasteiger partial charge >= 0.3 is 5.97 Å². The molecule has 3 rings (SSSR count). The molecule has 1 aromatic carbocycles. The van der Waals surface area contributed by atoms with E-state index in [-0.39, 0.29) is 6.42 Å². The molecule has 2 aromatic heterocycles. The molecule has 21 heavy (non-hydrogen) atoms. The molecule has 0 aliphatic carbocycles. The van der Waals surface area contributed by atoms with E-state index in [1.165, 1.54) is 4.88 Å². The lowest BCUT2D eigenvalue weighted by Crippen LogP contribution is -2.00. The zero-order chi connectivity index (χ0) is 15.0. The van der Waals surface area contributed by atoms with Crippen LogP contribution < -0.4 is 4.74 Å². The van der Waals surface area contributed by atoms with Gasteiger partial charge in [0.05, 0.1) is 24.1 Å². The SMILES string of the molecule is COc1ccc2[nH]c(-c3ccc(C)s3)c(CC(=O)O)c2c1. The minimum Gasteiger partial charge on any atom is -0.497 e. The Hall–Kier alpha value is -2.27. The molecule has 5 heteroatoms. The van der Waals surface area contributed by atoms with Gasteiger partial charge in [-0.3, -0.25) is 4.79 Å². The Morgan fingerprint density at radius 2 is 2.14 bits per heavy atom. The molecule has 108 valence electrons. The van der Waals surface area contributed by atoms with Crippen LogP contribution in [0.25, 0.3) is 21.5 Å². The first kappa shape index (κ1) is 13.7. The molecule has 4 nitrogen and oxygen atoms in total. The maximum Gasteiger partial charge on any atom is 0.307 e. The van der Waals surface area contributed by atoms with Gasteiger partial charge in [0.1, 0.15) is 5.75 Å². The van der Waals surface area contributed by atoms with Crippen LogP contribution in [-0.2, 0) is 11.2 Å². The number of hydrogen-bond acceptors (Lipinski definition) is 3. The summed E-state index contributed by atoms with van der Waals surface area (Å²) in [6.45, 7) is 2.04. The highest BCUT2D eigenvalue weighted by Gasteiger charge is 2.17. The molecule has 0 saturated carbocycles. The van der Waals surface area contributed by atoms with Crippen LogP contribution in [0.1, 0.15) is 10.4 Å². The minimum atomic E-state index is -0.840. The molecule has 0 amide bonds. The van der Waals surface area contributed by atoms with Crippen molar-refractivity contribution in [3.8, 4) is 16.3 Å². The second-order valence-corrected chi connectivity index (χ2v) is 6.16. The first-order valence-corrected chi connectivity index (χ1v) is 7.37. The number of nitrogens with one attached hydrogen (secondary N) is 1. The van der Waals surface area contributed by atoms with Crippen molar-refractivity contribution in [2.24, 2.45) is 0 Å². The molecule has 0 saturated heterocycles. The number of hydrogen-bond donors (Lipinski definition) is 2. The third-order valence-electron chi connectivity index (χ3n) is 3.43. The Kier molecular flexibility index (Phi) is 3.43. The summed E-state index contributed by atoms with van der Waals surface area (Å²) in [5.74, 6) is -0.115. The molecule has 0 aliphatic heterocycles. The van der Waals surface area contributed by atoms with Gasteiger partial charge < -0.3 is 14.8 Å². The van der Waals surface area contributed by atoms with E-state index < -0.39 is 5.97 Å². The number of carboxylic acid groups (broad SMARTS) is 1. The smallest absolute Gasteiger partial charge is 0.307 e. The number of rotatable bonds is 4. The van der Waals surface area contributed by atoms with E-state index in [4.69, 9.17) is 4.74 Å². The van der Waals surface area contributed by atoms with Gasteiger partial charge in [-0.05, 0) is 42.8 Å². The van der Waals surface area contributed by atoms with Crippen molar-refractivity contribution < 1.29 is 14.6 Å². The summed E-state index contributed by atoms with van der Waals surface area (Å²) in [7, 11) is 1.61. The number of aromatic amines is 1. The third-order valence-corrected chi connectivity index (χ3v) is 4.45. The largest absolute Gasteiger partial charge is 0.497 e. The average molecular weight is 301 g/mol. The molecule has 0 atom stereocenters. The minimum absolute atomic E-state index is 0.0144. The molecule has 0 fully saturated rings. The van der Waals surface area contributed by atoms with Crippen LogP contribution in [0.5, 0.6) is 5.75 Å². The predicted octanol–water partition coefficient (Wildman–Crippen LogP) is 3.84. The number of aromatic nitrogens is 1. The number of benzene rings is 1. The van der Waals surface area contributed by atoms with Crippen LogP contribution in [0.15, 0.2) is 30.3 Å². The maximum absolute atomic E-state index is 11.2. The summed E-state index contributed by atoms with van der Waals surface area (Å²) < 4.78 is 5.24. The molecule has 0 spiro atoms. The van der Waals surface area contributed by atoms with Crippen molar-refractivity contribution in [3.05, 3.63) is 40.8 Å².